The van der Waals surface area contributed by atoms with E-state index in [2.05, 4.69) is 32.7 Å². The first-order chi connectivity index (χ1) is 11.2. The largest absolute Gasteiger partial charge is 0.462 e. The average Bonchev–Trinajstić information content (AvgIpc) is 3.03. The smallest absolute Gasteiger partial charge is 0.319 e. The van der Waals surface area contributed by atoms with Gasteiger partial charge in [0.2, 0.25) is 5.16 Å². The molecular formula is C16H16N4O2S. The summed E-state index contributed by atoms with van der Waals surface area (Å²) in [6, 6.07) is 8.09. The molecule has 0 amide bonds. The summed E-state index contributed by atoms with van der Waals surface area (Å²) in [5, 5.41) is 9.89. The molecule has 3 aromatic rings. The third-order valence-electron chi connectivity index (χ3n) is 4.04. The molecule has 1 saturated heterocycles. The van der Waals surface area contributed by atoms with Crippen molar-refractivity contribution < 1.29 is 9.53 Å². The Bertz CT molecular complexity index is 908. The topological polar surface area (TPSA) is 69.9 Å². The summed E-state index contributed by atoms with van der Waals surface area (Å²) in [7, 11) is 0. The van der Waals surface area contributed by atoms with Crippen molar-refractivity contribution in [1.29, 1.82) is 0 Å². The number of esters is 1. The van der Waals surface area contributed by atoms with E-state index in [-0.39, 0.29) is 17.3 Å². The van der Waals surface area contributed by atoms with Gasteiger partial charge in [-0.1, -0.05) is 30.0 Å². The number of aromatic nitrogens is 4. The Kier molecular flexibility index (Phi) is 3.45. The zero-order valence-electron chi connectivity index (χ0n) is 12.9. The van der Waals surface area contributed by atoms with Gasteiger partial charge in [-0.15, -0.1) is 10.2 Å². The van der Waals surface area contributed by atoms with Crippen molar-refractivity contribution in [3.8, 4) is 0 Å². The predicted octanol–water partition coefficient (Wildman–Crippen LogP) is 2.80. The van der Waals surface area contributed by atoms with Crippen LogP contribution >= 0.6 is 11.8 Å². The van der Waals surface area contributed by atoms with Gasteiger partial charge in [0, 0.05) is 18.4 Å². The van der Waals surface area contributed by atoms with Gasteiger partial charge in [0.05, 0.1) is 5.52 Å². The fraction of sp³-hybridized carbons (Fsp3) is 0.375. The molecule has 0 N–H and O–H groups in total. The van der Waals surface area contributed by atoms with E-state index in [0.717, 1.165) is 28.6 Å². The Hall–Kier alpha value is -2.15. The van der Waals surface area contributed by atoms with E-state index in [1.54, 1.807) is 0 Å². The molecule has 2 atom stereocenters. The highest BCUT2D eigenvalue weighted by atomic mass is 32.2. The van der Waals surface area contributed by atoms with Crippen LogP contribution in [0.4, 0.5) is 0 Å². The van der Waals surface area contributed by atoms with E-state index in [9.17, 15) is 4.79 Å². The second-order valence-electron chi connectivity index (χ2n) is 5.62. The Labute approximate surface area is 137 Å². The van der Waals surface area contributed by atoms with Crippen molar-refractivity contribution >= 4 is 39.8 Å². The highest BCUT2D eigenvalue weighted by Crippen LogP contribution is 2.32. The molecule has 118 valence electrons. The Morgan fingerprint density at radius 3 is 2.91 bits per heavy atom. The number of thioether (sulfide) groups is 1. The van der Waals surface area contributed by atoms with Gasteiger partial charge in [-0.2, -0.15) is 0 Å². The predicted molar refractivity (Wildman–Crippen MR) is 88.3 cm³/mol. The van der Waals surface area contributed by atoms with Crippen LogP contribution in [0.5, 0.6) is 0 Å². The molecule has 6 nitrogen and oxygen atoms in total. The van der Waals surface area contributed by atoms with Crippen LogP contribution in [-0.4, -0.2) is 37.1 Å². The summed E-state index contributed by atoms with van der Waals surface area (Å²) in [5.74, 6) is -0.192. The van der Waals surface area contributed by atoms with Gasteiger partial charge >= 0.3 is 5.97 Å². The number of cyclic esters (lactones) is 1. The number of fused-ring (bicyclic) bond motifs is 3. The van der Waals surface area contributed by atoms with Crippen molar-refractivity contribution in [2.24, 2.45) is 0 Å². The van der Waals surface area contributed by atoms with E-state index in [1.165, 1.54) is 11.8 Å². The lowest BCUT2D eigenvalue weighted by Crippen LogP contribution is -2.10. The molecule has 0 radical (unpaired) electrons. The second-order valence-corrected chi connectivity index (χ2v) is 6.79. The Morgan fingerprint density at radius 1 is 1.35 bits per heavy atom. The SMILES string of the molecule is CCn1c2ccccc2c2nnc(S[C@H]3C[C@H](C)OC3=O)nc21. The summed E-state index contributed by atoms with van der Waals surface area (Å²) in [6.07, 6.45) is 0.639. The highest BCUT2D eigenvalue weighted by Gasteiger charge is 2.33. The fourth-order valence-electron chi connectivity index (χ4n) is 3.00. The first-order valence-corrected chi connectivity index (χ1v) is 8.54. The maximum atomic E-state index is 11.8. The number of carbonyl (C=O) groups is 1. The molecule has 1 fully saturated rings. The molecule has 0 aliphatic carbocycles. The normalized spacial score (nSPS) is 21.2. The zero-order valence-corrected chi connectivity index (χ0v) is 13.7. The number of hydrogen-bond donors (Lipinski definition) is 0. The van der Waals surface area contributed by atoms with Crippen LogP contribution in [0.3, 0.4) is 0 Å². The summed E-state index contributed by atoms with van der Waals surface area (Å²) in [5.41, 5.74) is 2.71. The molecular weight excluding hydrogens is 312 g/mol. The van der Waals surface area contributed by atoms with E-state index in [1.807, 2.05) is 25.1 Å². The average molecular weight is 328 g/mol. The Morgan fingerprint density at radius 2 is 2.17 bits per heavy atom. The third-order valence-corrected chi connectivity index (χ3v) is 5.10. The summed E-state index contributed by atoms with van der Waals surface area (Å²) < 4.78 is 7.31. The summed E-state index contributed by atoms with van der Waals surface area (Å²) in [4.78, 5) is 16.4. The van der Waals surface area contributed by atoms with Crippen LogP contribution in [0.15, 0.2) is 29.4 Å². The van der Waals surface area contributed by atoms with E-state index in [0.29, 0.717) is 11.6 Å². The van der Waals surface area contributed by atoms with Crippen molar-refractivity contribution in [3.05, 3.63) is 24.3 Å². The van der Waals surface area contributed by atoms with Gasteiger partial charge in [0.25, 0.3) is 0 Å². The molecule has 2 aromatic heterocycles. The third kappa shape index (κ3) is 2.35. The van der Waals surface area contributed by atoms with E-state index >= 15 is 0 Å². The van der Waals surface area contributed by atoms with Crippen LogP contribution in [0.2, 0.25) is 0 Å². The number of nitrogens with zero attached hydrogens (tertiary/aromatic N) is 4. The molecule has 1 aliphatic rings. The fourth-order valence-corrected chi connectivity index (χ4v) is 4.00. The van der Waals surface area contributed by atoms with Crippen molar-refractivity contribution in [2.75, 3.05) is 0 Å². The molecule has 0 saturated carbocycles. The quantitative estimate of drug-likeness (QED) is 0.689. The minimum absolute atomic E-state index is 0.0428. The standard InChI is InChI=1S/C16H16N4O2S/c1-3-20-11-7-5-4-6-10(11)13-14(20)17-16(19-18-13)23-12-8-9(2)22-15(12)21/h4-7,9,12H,3,8H2,1-2H3/t9-,12-/m0/s1. The lowest BCUT2D eigenvalue weighted by atomic mass is 10.2. The zero-order chi connectivity index (χ0) is 16.0. The Balaban J connectivity index is 1.78. The molecule has 1 aliphatic heterocycles. The first-order valence-electron chi connectivity index (χ1n) is 7.66. The van der Waals surface area contributed by atoms with Crippen molar-refractivity contribution in [1.82, 2.24) is 19.7 Å². The molecule has 0 spiro atoms. The van der Waals surface area contributed by atoms with Gasteiger partial charge in [0.15, 0.2) is 5.65 Å². The van der Waals surface area contributed by atoms with Crippen molar-refractivity contribution in [3.63, 3.8) is 0 Å². The highest BCUT2D eigenvalue weighted by molar-refractivity contribution is 8.00. The number of rotatable bonds is 3. The van der Waals surface area contributed by atoms with Gasteiger partial charge in [0.1, 0.15) is 16.9 Å². The summed E-state index contributed by atoms with van der Waals surface area (Å²) in [6.45, 7) is 4.78. The number of aryl methyl sites for hydroxylation is 1. The molecule has 23 heavy (non-hydrogen) atoms. The number of para-hydroxylation sites is 1. The lowest BCUT2D eigenvalue weighted by Gasteiger charge is -2.04. The van der Waals surface area contributed by atoms with Gasteiger partial charge in [-0.25, -0.2) is 4.98 Å². The van der Waals surface area contributed by atoms with Crippen LogP contribution in [-0.2, 0) is 16.1 Å². The second kappa shape index (κ2) is 5.49. The van der Waals surface area contributed by atoms with Gasteiger partial charge in [-0.05, 0) is 19.9 Å². The van der Waals surface area contributed by atoms with E-state index < -0.39 is 0 Å². The van der Waals surface area contributed by atoms with Crippen molar-refractivity contribution in [2.45, 2.75) is 43.3 Å². The summed E-state index contributed by atoms with van der Waals surface area (Å²) >= 11 is 1.33. The minimum Gasteiger partial charge on any atom is -0.462 e. The van der Waals surface area contributed by atoms with E-state index in [4.69, 9.17) is 4.74 Å². The lowest BCUT2D eigenvalue weighted by molar-refractivity contribution is -0.140. The molecule has 7 heteroatoms. The molecule has 3 heterocycles. The molecule has 0 unspecified atom stereocenters. The van der Waals surface area contributed by atoms with Crippen LogP contribution < -0.4 is 0 Å². The maximum absolute atomic E-state index is 11.8. The first kappa shape index (κ1) is 14.4. The monoisotopic (exact) mass is 328 g/mol. The van der Waals surface area contributed by atoms with Crippen LogP contribution in [0, 0.1) is 0 Å². The molecule has 1 aromatic carbocycles. The number of benzene rings is 1. The van der Waals surface area contributed by atoms with Crippen LogP contribution in [0.1, 0.15) is 20.3 Å². The van der Waals surface area contributed by atoms with Crippen LogP contribution in [0.25, 0.3) is 22.1 Å². The minimum atomic E-state index is -0.247. The molecule has 4 rings (SSSR count). The molecule has 0 bridgehead atoms. The number of carbonyl (C=O) groups excluding carboxylic acids is 1. The number of hydrogen-bond acceptors (Lipinski definition) is 6. The maximum Gasteiger partial charge on any atom is 0.319 e. The number of ether oxygens (including phenoxy) is 1. The van der Waals surface area contributed by atoms with Gasteiger partial charge < -0.3 is 9.30 Å². The van der Waals surface area contributed by atoms with Gasteiger partial charge in [-0.3, -0.25) is 4.79 Å².